The molecule has 1 aliphatic heterocycles. The molecule has 0 bridgehead atoms. The van der Waals surface area contributed by atoms with E-state index in [2.05, 4.69) is 6.07 Å². The first-order chi connectivity index (χ1) is 8.85. The normalized spacial score (nSPS) is 13.1. The summed E-state index contributed by atoms with van der Waals surface area (Å²) in [5, 5.41) is 12.7. The molecule has 0 saturated heterocycles. The molecule has 4 nitrogen and oxygen atoms in total. The van der Waals surface area contributed by atoms with Gasteiger partial charge in [0.2, 0.25) is 0 Å². The molecular formula is C12H9NO3S2. The highest BCUT2D eigenvalue weighted by atomic mass is 32.1. The van der Waals surface area contributed by atoms with E-state index in [1.54, 1.807) is 23.8 Å². The molecule has 0 amide bonds. The molecule has 2 aromatic heterocycles. The number of hydrogen-bond acceptors (Lipinski definition) is 6. The molecule has 0 spiro atoms. The zero-order valence-electron chi connectivity index (χ0n) is 9.56. The molecule has 2 aromatic rings. The van der Waals surface area contributed by atoms with Gasteiger partial charge >= 0.3 is 0 Å². The molecule has 3 heterocycles. The summed E-state index contributed by atoms with van der Waals surface area (Å²) in [7, 11) is 1.57. The Kier molecular flexibility index (Phi) is 2.86. The number of nitrogens with zero attached hydrogens (tertiary/aromatic N) is 1. The number of methoxy groups -OCH3 is 1. The van der Waals surface area contributed by atoms with E-state index in [0.717, 1.165) is 21.3 Å². The summed E-state index contributed by atoms with van der Waals surface area (Å²) in [6, 6.07) is 2.13. The van der Waals surface area contributed by atoms with Crippen LogP contribution in [0.25, 0.3) is 9.75 Å². The molecule has 3 rings (SSSR count). The summed E-state index contributed by atoms with van der Waals surface area (Å²) in [6.07, 6.45) is 0. The average molecular weight is 279 g/mol. The standard InChI is InChI=1S/C12H9NO3S2/c1-14-9-7(4-13)5-17-11(9)12-10-8(6-18-12)15-2-3-16-10/h5-6H,2-3H2,1H3. The van der Waals surface area contributed by atoms with Crippen LogP contribution in [0.3, 0.4) is 0 Å². The lowest BCUT2D eigenvalue weighted by atomic mass is 10.2. The van der Waals surface area contributed by atoms with Crippen molar-refractivity contribution in [3.05, 3.63) is 16.3 Å². The average Bonchev–Trinajstić information content (AvgIpc) is 3.01. The van der Waals surface area contributed by atoms with Crippen molar-refractivity contribution in [3.63, 3.8) is 0 Å². The van der Waals surface area contributed by atoms with Gasteiger partial charge in [-0.15, -0.1) is 22.7 Å². The van der Waals surface area contributed by atoms with E-state index < -0.39 is 0 Å². The zero-order valence-corrected chi connectivity index (χ0v) is 11.2. The van der Waals surface area contributed by atoms with Gasteiger partial charge in [0.25, 0.3) is 0 Å². The Morgan fingerprint density at radius 3 is 2.78 bits per heavy atom. The van der Waals surface area contributed by atoms with Crippen LogP contribution in [0.5, 0.6) is 17.2 Å². The van der Waals surface area contributed by atoms with Crippen molar-refractivity contribution < 1.29 is 14.2 Å². The van der Waals surface area contributed by atoms with Gasteiger partial charge in [-0.1, -0.05) is 0 Å². The van der Waals surface area contributed by atoms with Gasteiger partial charge < -0.3 is 14.2 Å². The van der Waals surface area contributed by atoms with E-state index in [1.165, 1.54) is 11.3 Å². The van der Waals surface area contributed by atoms with Crippen molar-refractivity contribution in [1.29, 1.82) is 5.26 Å². The first-order valence-electron chi connectivity index (χ1n) is 5.28. The lowest BCUT2D eigenvalue weighted by Gasteiger charge is -2.15. The first-order valence-corrected chi connectivity index (χ1v) is 7.04. The van der Waals surface area contributed by atoms with Crippen molar-refractivity contribution in [2.24, 2.45) is 0 Å². The van der Waals surface area contributed by atoms with E-state index in [0.29, 0.717) is 24.5 Å². The fourth-order valence-electron chi connectivity index (χ4n) is 1.80. The van der Waals surface area contributed by atoms with Gasteiger partial charge in [-0.25, -0.2) is 0 Å². The van der Waals surface area contributed by atoms with Crippen molar-refractivity contribution in [1.82, 2.24) is 0 Å². The number of fused-ring (bicyclic) bond motifs is 1. The van der Waals surface area contributed by atoms with Crippen LogP contribution in [0.1, 0.15) is 5.56 Å². The van der Waals surface area contributed by atoms with E-state index in [9.17, 15) is 0 Å². The molecule has 6 heteroatoms. The number of hydrogen-bond donors (Lipinski definition) is 0. The Morgan fingerprint density at radius 1 is 1.22 bits per heavy atom. The smallest absolute Gasteiger partial charge is 0.180 e. The molecule has 18 heavy (non-hydrogen) atoms. The Morgan fingerprint density at radius 2 is 2.00 bits per heavy atom. The second-order valence-electron chi connectivity index (χ2n) is 3.58. The van der Waals surface area contributed by atoms with Gasteiger partial charge in [0.1, 0.15) is 24.8 Å². The number of ether oxygens (including phenoxy) is 3. The SMILES string of the molecule is COc1c(C#N)csc1-c1scc2c1OCCO2. The van der Waals surface area contributed by atoms with Gasteiger partial charge in [-0.2, -0.15) is 5.26 Å². The van der Waals surface area contributed by atoms with Gasteiger partial charge in [-0.05, 0) is 0 Å². The van der Waals surface area contributed by atoms with E-state index >= 15 is 0 Å². The van der Waals surface area contributed by atoms with Crippen LogP contribution in [-0.4, -0.2) is 20.3 Å². The summed E-state index contributed by atoms with van der Waals surface area (Å²) in [5.74, 6) is 2.15. The van der Waals surface area contributed by atoms with Crippen LogP contribution in [0.15, 0.2) is 10.8 Å². The molecular weight excluding hydrogens is 270 g/mol. The van der Waals surface area contributed by atoms with Crippen molar-refractivity contribution in [2.45, 2.75) is 0 Å². The van der Waals surface area contributed by atoms with Crippen LogP contribution in [0.2, 0.25) is 0 Å². The summed E-state index contributed by atoms with van der Waals surface area (Å²) in [5.41, 5.74) is 0.552. The lowest BCUT2D eigenvalue weighted by molar-refractivity contribution is 0.174. The minimum atomic E-state index is 0.551. The number of rotatable bonds is 2. The highest BCUT2D eigenvalue weighted by Crippen LogP contribution is 2.51. The number of nitriles is 1. The van der Waals surface area contributed by atoms with E-state index in [4.69, 9.17) is 19.5 Å². The summed E-state index contributed by atoms with van der Waals surface area (Å²) >= 11 is 3.03. The van der Waals surface area contributed by atoms with Crippen LogP contribution in [0, 0.1) is 11.3 Å². The lowest BCUT2D eigenvalue weighted by Crippen LogP contribution is -2.14. The van der Waals surface area contributed by atoms with Gasteiger partial charge in [-0.3, -0.25) is 0 Å². The van der Waals surface area contributed by atoms with Crippen LogP contribution < -0.4 is 14.2 Å². The molecule has 0 aromatic carbocycles. The molecule has 0 saturated carbocycles. The monoisotopic (exact) mass is 279 g/mol. The molecule has 0 fully saturated rings. The van der Waals surface area contributed by atoms with Crippen molar-refractivity contribution in [3.8, 4) is 33.1 Å². The highest BCUT2D eigenvalue weighted by molar-refractivity contribution is 7.21. The second kappa shape index (κ2) is 4.52. The van der Waals surface area contributed by atoms with Crippen LogP contribution >= 0.6 is 22.7 Å². The molecule has 0 aliphatic carbocycles. The third kappa shape index (κ3) is 1.64. The second-order valence-corrected chi connectivity index (χ2v) is 5.34. The first kappa shape index (κ1) is 11.4. The molecule has 0 radical (unpaired) electrons. The molecule has 0 N–H and O–H groups in total. The number of thiophene rings is 2. The quantitative estimate of drug-likeness (QED) is 0.847. The van der Waals surface area contributed by atoms with Crippen molar-refractivity contribution >= 4 is 22.7 Å². The summed E-state index contributed by atoms with van der Waals surface area (Å²) in [4.78, 5) is 1.89. The Hall–Kier alpha value is -1.71. The van der Waals surface area contributed by atoms with E-state index in [1.807, 2.05) is 5.38 Å². The minimum absolute atomic E-state index is 0.551. The van der Waals surface area contributed by atoms with Gasteiger partial charge in [0.15, 0.2) is 17.2 Å². The fourth-order valence-corrected chi connectivity index (χ4v) is 3.85. The fraction of sp³-hybridized carbons (Fsp3) is 0.250. The van der Waals surface area contributed by atoms with Gasteiger partial charge in [0, 0.05) is 10.8 Å². The molecule has 0 atom stereocenters. The highest BCUT2D eigenvalue weighted by Gasteiger charge is 2.24. The molecule has 0 unspecified atom stereocenters. The maximum absolute atomic E-state index is 9.02. The maximum Gasteiger partial charge on any atom is 0.180 e. The van der Waals surface area contributed by atoms with Crippen LogP contribution in [0.4, 0.5) is 0 Å². The third-order valence-electron chi connectivity index (χ3n) is 2.58. The Labute approximate surface area is 112 Å². The zero-order chi connectivity index (χ0) is 12.5. The maximum atomic E-state index is 9.02. The predicted molar refractivity (Wildman–Crippen MR) is 69.9 cm³/mol. The third-order valence-corrected chi connectivity index (χ3v) is 4.64. The minimum Gasteiger partial charge on any atom is -0.494 e. The van der Waals surface area contributed by atoms with Crippen molar-refractivity contribution in [2.75, 3.05) is 20.3 Å². The summed E-state index contributed by atoms with van der Waals surface area (Å²) in [6.45, 7) is 1.13. The Balaban J connectivity index is 2.13. The Bertz CT molecular complexity index is 624. The molecule has 1 aliphatic rings. The van der Waals surface area contributed by atoms with E-state index in [-0.39, 0.29) is 0 Å². The van der Waals surface area contributed by atoms with Crippen LogP contribution in [-0.2, 0) is 0 Å². The largest absolute Gasteiger partial charge is 0.494 e. The molecule has 92 valence electrons. The predicted octanol–water partition coefficient (Wildman–Crippen LogP) is 3.13. The topological polar surface area (TPSA) is 51.5 Å². The van der Waals surface area contributed by atoms with Gasteiger partial charge in [0.05, 0.1) is 16.9 Å². The summed E-state index contributed by atoms with van der Waals surface area (Å²) < 4.78 is 16.5.